The predicted octanol–water partition coefficient (Wildman–Crippen LogP) is 0.117. The molecular formula is C5H5BrN5+. The van der Waals surface area contributed by atoms with E-state index < -0.39 is 0 Å². The van der Waals surface area contributed by atoms with Gasteiger partial charge in [-0.25, -0.2) is 4.98 Å². The zero-order valence-electron chi connectivity index (χ0n) is 5.43. The lowest BCUT2D eigenvalue weighted by atomic mass is 10.6. The van der Waals surface area contributed by atoms with E-state index in [-0.39, 0.29) is 5.95 Å². The monoisotopic (exact) mass is 214 g/mol. The molecule has 56 valence electrons. The molecule has 0 saturated carbocycles. The molecule has 0 aromatic carbocycles. The van der Waals surface area contributed by atoms with Gasteiger partial charge in [0, 0.05) is 0 Å². The maximum atomic E-state index is 5.40. The van der Waals surface area contributed by atoms with Gasteiger partial charge in [-0.05, 0) is 15.9 Å². The van der Waals surface area contributed by atoms with Crippen LogP contribution in [0.2, 0.25) is 0 Å². The summed E-state index contributed by atoms with van der Waals surface area (Å²) in [4.78, 5) is 13.7. The second kappa shape index (κ2) is 2.16. The first-order valence-electron chi connectivity index (χ1n) is 2.95. The minimum atomic E-state index is 0.250. The van der Waals surface area contributed by atoms with Gasteiger partial charge in [0.25, 0.3) is 5.95 Å². The molecule has 0 unspecified atom stereocenters. The lowest BCUT2D eigenvalue weighted by molar-refractivity contribution is -0.347. The van der Waals surface area contributed by atoms with E-state index >= 15 is 0 Å². The fraction of sp³-hybridized carbons (Fsp3) is 0. The van der Waals surface area contributed by atoms with Gasteiger partial charge < -0.3 is 5.73 Å². The van der Waals surface area contributed by atoms with E-state index in [9.17, 15) is 0 Å². The quantitative estimate of drug-likeness (QED) is 0.612. The number of hydrogen-bond acceptors (Lipinski definition) is 3. The van der Waals surface area contributed by atoms with E-state index in [1.165, 1.54) is 0 Å². The second-order valence-electron chi connectivity index (χ2n) is 2.03. The van der Waals surface area contributed by atoms with Crippen LogP contribution in [0.3, 0.4) is 0 Å². The van der Waals surface area contributed by atoms with Crippen molar-refractivity contribution in [2.24, 2.45) is 0 Å². The average Bonchev–Trinajstić information content (AvgIpc) is 2.34. The molecule has 0 amide bonds. The summed E-state index contributed by atoms with van der Waals surface area (Å²) in [5, 5.41) is 0. The van der Waals surface area contributed by atoms with Crippen LogP contribution in [0.25, 0.3) is 11.2 Å². The molecule has 2 aromatic rings. The Morgan fingerprint density at radius 1 is 1.55 bits per heavy atom. The number of fused-ring (bicyclic) bond motifs is 1. The number of halogens is 1. The van der Waals surface area contributed by atoms with E-state index in [0.29, 0.717) is 10.3 Å². The lowest BCUT2D eigenvalue weighted by Crippen LogP contribution is -2.02. The molecule has 0 saturated heterocycles. The van der Waals surface area contributed by atoms with Crippen LogP contribution in [0.5, 0.6) is 0 Å². The van der Waals surface area contributed by atoms with Crippen molar-refractivity contribution in [1.29, 1.82) is 0 Å². The van der Waals surface area contributed by atoms with Crippen LogP contribution < -0.4 is 10.7 Å². The fourth-order valence-corrected chi connectivity index (χ4v) is 1.34. The van der Waals surface area contributed by atoms with Gasteiger partial charge in [0.15, 0.2) is 10.9 Å². The summed E-state index contributed by atoms with van der Waals surface area (Å²) in [6, 6.07) is 0. The van der Waals surface area contributed by atoms with Crippen LogP contribution in [-0.2, 0) is 0 Å². The second-order valence-corrected chi connectivity index (χ2v) is 2.78. The molecule has 6 heteroatoms. The summed E-state index contributed by atoms with van der Waals surface area (Å²) in [6.45, 7) is 0. The highest BCUT2D eigenvalue weighted by Gasteiger charge is 2.10. The highest BCUT2D eigenvalue weighted by atomic mass is 79.9. The van der Waals surface area contributed by atoms with Crippen molar-refractivity contribution in [1.82, 2.24) is 15.0 Å². The van der Waals surface area contributed by atoms with Gasteiger partial charge in [-0.3, -0.25) is 4.98 Å². The molecule has 0 aliphatic heterocycles. The van der Waals surface area contributed by atoms with Gasteiger partial charge >= 0.3 is 5.65 Å². The number of aromatic amines is 2. The zero-order valence-corrected chi connectivity index (χ0v) is 7.01. The highest BCUT2D eigenvalue weighted by molar-refractivity contribution is 9.10. The molecule has 4 N–H and O–H groups in total. The maximum absolute atomic E-state index is 5.40. The number of anilines is 1. The molecule has 0 fully saturated rings. The summed E-state index contributed by atoms with van der Waals surface area (Å²) in [6.07, 6.45) is 1.67. The third-order valence-electron chi connectivity index (χ3n) is 1.31. The highest BCUT2D eigenvalue weighted by Crippen LogP contribution is 2.15. The minimum absolute atomic E-state index is 0.250. The number of hydrogen-bond donors (Lipinski definition) is 2. The SMILES string of the molecule is Nc1nc(Br)c2[nH]c[nH+]c2n1. The Morgan fingerprint density at radius 2 is 2.36 bits per heavy atom. The van der Waals surface area contributed by atoms with Crippen LogP contribution >= 0.6 is 15.9 Å². The molecule has 0 aliphatic rings. The topological polar surface area (TPSA) is 81.7 Å². The van der Waals surface area contributed by atoms with Crippen molar-refractivity contribution in [3.63, 3.8) is 0 Å². The van der Waals surface area contributed by atoms with Crippen molar-refractivity contribution in [2.45, 2.75) is 0 Å². The van der Waals surface area contributed by atoms with Gasteiger partial charge in [-0.15, -0.1) is 0 Å². The summed E-state index contributed by atoms with van der Waals surface area (Å²) >= 11 is 3.24. The van der Waals surface area contributed by atoms with E-state index in [2.05, 4.69) is 35.9 Å². The molecule has 0 bridgehead atoms. The van der Waals surface area contributed by atoms with Gasteiger partial charge in [-0.2, -0.15) is 4.98 Å². The van der Waals surface area contributed by atoms with E-state index in [1.54, 1.807) is 6.33 Å². The molecule has 5 nitrogen and oxygen atoms in total. The van der Waals surface area contributed by atoms with Crippen LogP contribution in [-0.4, -0.2) is 15.0 Å². The van der Waals surface area contributed by atoms with Gasteiger partial charge in [-0.1, -0.05) is 4.98 Å². The minimum Gasteiger partial charge on any atom is -0.354 e. The largest absolute Gasteiger partial charge is 0.354 e. The Hall–Kier alpha value is -1.17. The summed E-state index contributed by atoms with van der Waals surface area (Å²) in [7, 11) is 0. The zero-order chi connectivity index (χ0) is 7.84. The Balaban J connectivity index is 2.91. The first kappa shape index (κ1) is 6.53. The Kier molecular flexibility index (Phi) is 1.28. The Bertz CT molecular complexity index is 395. The summed E-state index contributed by atoms with van der Waals surface area (Å²) in [5.74, 6) is 0.250. The van der Waals surface area contributed by atoms with E-state index in [0.717, 1.165) is 5.52 Å². The number of rotatable bonds is 0. The van der Waals surface area contributed by atoms with Crippen molar-refractivity contribution < 1.29 is 4.98 Å². The maximum Gasteiger partial charge on any atom is 0.306 e. The van der Waals surface area contributed by atoms with E-state index in [1.807, 2.05) is 0 Å². The van der Waals surface area contributed by atoms with Gasteiger partial charge in [0.2, 0.25) is 5.52 Å². The number of imidazole rings is 1. The standard InChI is InChI=1S/C5H4BrN5/c6-3-2-4(9-1-8-2)11-5(7)10-3/h1H,(H3,7,8,9,10,11)/p+1. The third kappa shape index (κ3) is 0.949. The molecule has 0 radical (unpaired) electrons. The number of aromatic nitrogens is 4. The number of H-pyrrole nitrogens is 2. The van der Waals surface area contributed by atoms with Crippen LogP contribution in [0.1, 0.15) is 0 Å². The molecule has 2 heterocycles. The van der Waals surface area contributed by atoms with Crippen molar-refractivity contribution in [3.8, 4) is 0 Å². The molecular weight excluding hydrogens is 210 g/mol. The van der Waals surface area contributed by atoms with Gasteiger partial charge in [0.1, 0.15) is 0 Å². The first-order chi connectivity index (χ1) is 5.27. The van der Waals surface area contributed by atoms with E-state index in [4.69, 9.17) is 5.73 Å². The smallest absolute Gasteiger partial charge is 0.306 e. The van der Waals surface area contributed by atoms with Crippen molar-refractivity contribution in [3.05, 3.63) is 10.9 Å². The summed E-state index contributed by atoms with van der Waals surface area (Å²) < 4.78 is 0.668. The normalized spacial score (nSPS) is 10.6. The molecule has 2 rings (SSSR count). The number of nitrogen functional groups attached to an aromatic ring is 1. The molecule has 2 aromatic heterocycles. The van der Waals surface area contributed by atoms with Crippen LogP contribution in [0, 0.1) is 0 Å². The third-order valence-corrected chi connectivity index (χ3v) is 1.88. The first-order valence-corrected chi connectivity index (χ1v) is 3.74. The Morgan fingerprint density at radius 3 is 3.18 bits per heavy atom. The molecule has 0 aliphatic carbocycles. The predicted molar refractivity (Wildman–Crippen MR) is 42.6 cm³/mol. The van der Waals surface area contributed by atoms with Crippen molar-refractivity contribution >= 4 is 33.0 Å². The van der Waals surface area contributed by atoms with Gasteiger partial charge in [0.05, 0.1) is 0 Å². The number of nitrogens with zero attached hydrogens (tertiary/aromatic N) is 2. The van der Waals surface area contributed by atoms with Crippen LogP contribution in [0.15, 0.2) is 10.9 Å². The number of nitrogens with one attached hydrogen (secondary N) is 2. The summed E-state index contributed by atoms with van der Waals surface area (Å²) in [5.41, 5.74) is 6.91. The fourth-order valence-electron chi connectivity index (χ4n) is 0.859. The van der Waals surface area contributed by atoms with Crippen LogP contribution in [0.4, 0.5) is 5.95 Å². The molecule has 11 heavy (non-hydrogen) atoms. The lowest BCUT2D eigenvalue weighted by Gasteiger charge is -1.86. The van der Waals surface area contributed by atoms with Crippen molar-refractivity contribution in [2.75, 3.05) is 5.73 Å². The molecule has 0 spiro atoms. The number of nitrogens with two attached hydrogens (primary N) is 1. The molecule has 0 atom stereocenters. The average molecular weight is 215 g/mol. The Labute approximate surface area is 70.2 Å².